The number of carbonyl (C=O) groups excluding carboxylic acids is 3. The topological polar surface area (TPSA) is 202 Å². The highest BCUT2D eigenvalue weighted by atomic mass is 16.4. The third kappa shape index (κ3) is 2.61. The van der Waals surface area contributed by atoms with Gasteiger partial charge in [-0.3, -0.25) is 19.3 Å². The van der Waals surface area contributed by atoms with E-state index in [9.17, 15) is 45.0 Å². The number of hydrogen-bond acceptors (Lipinski definition) is 10. The second-order valence-electron chi connectivity index (χ2n) is 9.06. The minimum Gasteiger partial charge on any atom is -0.508 e. The number of carbonyl (C=O) groups is 3. The van der Waals surface area contributed by atoms with E-state index >= 15 is 0 Å². The van der Waals surface area contributed by atoms with E-state index in [0.717, 1.165) is 0 Å². The highest BCUT2D eigenvalue weighted by molar-refractivity contribution is 6.24. The van der Waals surface area contributed by atoms with Crippen molar-refractivity contribution in [1.29, 1.82) is 0 Å². The molecule has 0 bridgehead atoms. The van der Waals surface area contributed by atoms with E-state index < -0.39 is 81.1 Å². The van der Waals surface area contributed by atoms with Crippen molar-refractivity contribution in [3.8, 4) is 5.75 Å². The summed E-state index contributed by atoms with van der Waals surface area (Å²) in [5, 5.41) is 66.3. The zero-order valence-electron chi connectivity index (χ0n) is 18.0. The number of aliphatic hydroxyl groups excluding tert-OH is 3. The van der Waals surface area contributed by atoms with Gasteiger partial charge in [0, 0.05) is 0 Å². The van der Waals surface area contributed by atoms with E-state index in [1.165, 1.54) is 44.1 Å². The Hall–Kier alpha value is -3.25. The van der Waals surface area contributed by atoms with Crippen LogP contribution in [0.25, 0.3) is 5.76 Å². The Balaban J connectivity index is 2.11. The van der Waals surface area contributed by atoms with Crippen LogP contribution in [0.15, 0.2) is 35.1 Å². The fourth-order valence-corrected chi connectivity index (χ4v) is 5.60. The number of nitrogens with two attached hydrogens (primary N) is 1. The summed E-state index contributed by atoms with van der Waals surface area (Å²) < 4.78 is 0. The summed E-state index contributed by atoms with van der Waals surface area (Å²) in [6, 6.07) is 2.50. The van der Waals surface area contributed by atoms with E-state index in [1.54, 1.807) is 0 Å². The lowest BCUT2D eigenvalue weighted by Crippen LogP contribution is -2.71. The molecule has 0 heterocycles. The molecule has 0 saturated heterocycles. The predicted molar refractivity (Wildman–Crippen MR) is 112 cm³/mol. The molecule has 4 rings (SSSR count). The first-order valence-corrected chi connectivity index (χ1v) is 10.1. The molecule has 11 heteroatoms. The van der Waals surface area contributed by atoms with Crippen molar-refractivity contribution in [2.45, 2.75) is 30.3 Å². The van der Waals surface area contributed by atoms with Gasteiger partial charge in [-0.15, -0.1) is 0 Å². The zero-order chi connectivity index (χ0) is 24.8. The maximum atomic E-state index is 13.7. The SMILES string of the molecule is CN(C)[C@@H]1C(=O)C(C(N)=O)=C(O)[C@@]2(O)C(=O)C3=C(O)c4c(O)cccc4[C@@](C)(O)C3[C@H](O)[C@@H]12. The molecule has 0 spiro atoms. The number of nitrogens with zero attached hydrogens (tertiary/aromatic N) is 1. The molecule has 3 aliphatic rings. The molecule has 1 amide bonds. The summed E-state index contributed by atoms with van der Waals surface area (Å²) in [7, 11) is 2.80. The monoisotopic (exact) mass is 460 g/mol. The van der Waals surface area contributed by atoms with Crippen molar-refractivity contribution in [2.75, 3.05) is 14.1 Å². The van der Waals surface area contributed by atoms with Gasteiger partial charge >= 0.3 is 0 Å². The van der Waals surface area contributed by atoms with Gasteiger partial charge in [-0.25, -0.2) is 0 Å². The summed E-state index contributed by atoms with van der Waals surface area (Å²) in [6.07, 6.45) is -1.87. The van der Waals surface area contributed by atoms with E-state index in [2.05, 4.69) is 0 Å². The van der Waals surface area contributed by atoms with Gasteiger partial charge in [-0.2, -0.15) is 0 Å². The molecule has 1 unspecified atom stereocenters. The van der Waals surface area contributed by atoms with Crippen LogP contribution in [0.5, 0.6) is 5.75 Å². The Morgan fingerprint density at radius 2 is 1.73 bits per heavy atom. The van der Waals surface area contributed by atoms with Gasteiger partial charge in [0.1, 0.15) is 22.8 Å². The number of Topliss-reactive ketones (excluding diaryl/α,β-unsaturated/α-hetero) is 2. The van der Waals surface area contributed by atoms with E-state index in [1.807, 2.05) is 0 Å². The number of amides is 1. The Labute approximate surface area is 187 Å². The van der Waals surface area contributed by atoms with Crippen LogP contribution in [0, 0.1) is 11.8 Å². The molecule has 6 atom stereocenters. The van der Waals surface area contributed by atoms with Crippen LogP contribution in [0.4, 0.5) is 0 Å². The average Bonchev–Trinajstić information content (AvgIpc) is 2.70. The molecule has 0 radical (unpaired) electrons. The van der Waals surface area contributed by atoms with Crippen LogP contribution in [0.3, 0.4) is 0 Å². The third-order valence-corrected chi connectivity index (χ3v) is 7.03. The summed E-state index contributed by atoms with van der Waals surface area (Å²) in [6.45, 7) is 1.25. The van der Waals surface area contributed by atoms with Crippen molar-refractivity contribution in [2.24, 2.45) is 17.6 Å². The molecule has 33 heavy (non-hydrogen) atoms. The number of primary amides is 1. The van der Waals surface area contributed by atoms with Gasteiger partial charge < -0.3 is 36.4 Å². The number of ketones is 2. The minimum atomic E-state index is -3.02. The first-order valence-electron chi connectivity index (χ1n) is 10.1. The molecule has 0 aliphatic heterocycles. The molecule has 3 aliphatic carbocycles. The number of fused-ring (bicyclic) bond motifs is 3. The van der Waals surface area contributed by atoms with Gasteiger partial charge in [0.25, 0.3) is 5.91 Å². The van der Waals surface area contributed by atoms with Crippen LogP contribution in [0.2, 0.25) is 0 Å². The number of likely N-dealkylation sites (N-methyl/N-ethyl adjacent to an activating group) is 1. The lowest BCUT2D eigenvalue weighted by Gasteiger charge is -2.55. The largest absolute Gasteiger partial charge is 0.508 e. The Morgan fingerprint density at radius 3 is 2.27 bits per heavy atom. The van der Waals surface area contributed by atoms with Crippen LogP contribution >= 0.6 is 0 Å². The van der Waals surface area contributed by atoms with Crippen molar-refractivity contribution >= 4 is 23.2 Å². The van der Waals surface area contributed by atoms with Crippen LogP contribution < -0.4 is 5.73 Å². The maximum Gasteiger partial charge on any atom is 0.255 e. The van der Waals surface area contributed by atoms with Gasteiger partial charge in [0.05, 0.1) is 40.7 Å². The van der Waals surface area contributed by atoms with Gasteiger partial charge in [-0.1, -0.05) is 12.1 Å². The van der Waals surface area contributed by atoms with Crippen molar-refractivity contribution < 1.29 is 45.0 Å². The maximum absolute atomic E-state index is 13.7. The molecule has 1 aromatic rings. The highest BCUT2D eigenvalue weighted by Crippen LogP contribution is 2.57. The summed E-state index contributed by atoms with van der Waals surface area (Å²) in [4.78, 5) is 39.9. The summed E-state index contributed by atoms with van der Waals surface area (Å²) in [5.74, 6) is -9.67. The number of aromatic hydroxyl groups is 1. The fourth-order valence-electron chi connectivity index (χ4n) is 5.60. The molecular formula is C22H24N2O9. The Morgan fingerprint density at radius 1 is 1.12 bits per heavy atom. The lowest BCUT2D eigenvalue weighted by atomic mass is 9.53. The van der Waals surface area contributed by atoms with E-state index in [-0.39, 0.29) is 11.1 Å². The normalized spacial score (nSPS) is 36.0. The number of rotatable bonds is 2. The zero-order valence-corrected chi connectivity index (χ0v) is 18.0. The molecule has 1 fully saturated rings. The summed E-state index contributed by atoms with van der Waals surface area (Å²) >= 11 is 0. The molecule has 8 N–H and O–H groups in total. The van der Waals surface area contributed by atoms with Crippen LogP contribution in [-0.4, -0.2) is 84.9 Å². The standard InChI is InChI=1S/C22H24N2O9/c1-21(32)7-5-4-6-8(25)9(7)15(26)10-12(21)17(28)13-14(24(2)3)16(27)11(20(23)31)19(30)22(13,33)18(10)29/h4-6,12-14,17,25-26,28,30,32-33H,1-3H3,(H2,23,31)/t12?,13-,14+,17+,21-,22+/m1/s1. The number of phenolic OH excluding ortho intramolecular Hbond substituents is 1. The molecule has 1 saturated carbocycles. The van der Waals surface area contributed by atoms with Gasteiger partial charge in [-0.05, 0) is 32.6 Å². The van der Waals surface area contributed by atoms with Gasteiger partial charge in [0.2, 0.25) is 5.78 Å². The molecular weight excluding hydrogens is 436 g/mol. The molecule has 0 aromatic heterocycles. The Bertz CT molecular complexity index is 1180. The minimum absolute atomic E-state index is 0.00664. The Kier molecular flexibility index (Phi) is 4.78. The average molecular weight is 460 g/mol. The third-order valence-electron chi connectivity index (χ3n) is 7.03. The number of phenols is 1. The second-order valence-corrected chi connectivity index (χ2v) is 9.06. The van der Waals surface area contributed by atoms with Gasteiger partial charge in [0.15, 0.2) is 11.4 Å². The number of hydrogen-bond donors (Lipinski definition) is 7. The first-order chi connectivity index (χ1) is 15.2. The van der Waals surface area contributed by atoms with Crippen molar-refractivity contribution in [1.82, 2.24) is 4.90 Å². The van der Waals surface area contributed by atoms with E-state index in [4.69, 9.17) is 5.73 Å². The van der Waals surface area contributed by atoms with Crippen molar-refractivity contribution in [3.05, 3.63) is 46.2 Å². The molecule has 1 aromatic carbocycles. The molecule has 11 nitrogen and oxygen atoms in total. The molecule has 176 valence electrons. The fraction of sp³-hybridized carbons (Fsp3) is 0.409. The van der Waals surface area contributed by atoms with Crippen LogP contribution in [-0.2, 0) is 20.0 Å². The van der Waals surface area contributed by atoms with E-state index in [0.29, 0.717) is 0 Å². The second kappa shape index (κ2) is 6.87. The lowest BCUT2D eigenvalue weighted by molar-refractivity contribution is -0.181. The highest BCUT2D eigenvalue weighted by Gasteiger charge is 2.70. The first kappa shape index (κ1) is 22.9. The summed E-state index contributed by atoms with van der Waals surface area (Å²) in [5.41, 5.74) is -1.78. The predicted octanol–water partition coefficient (Wildman–Crippen LogP) is -1.40. The van der Waals surface area contributed by atoms with Crippen LogP contribution in [0.1, 0.15) is 18.1 Å². The number of benzene rings is 1. The van der Waals surface area contributed by atoms with Crippen molar-refractivity contribution in [3.63, 3.8) is 0 Å². The quantitative estimate of drug-likeness (QED) is 0.257. The smallest absolute Gasteiger partial charge is 0.255 e. The number of aliphatic hydroxyl groups is 5.